The molecule has 2 aliphatic carbocycles. The first kappa shape index (κ1) is 36.8. The fourth-order valence-corrected chi connectivity index (χ4v) is 7.70. The highest BCUT2D eigenvalue weighted by molar-refractivity contribution is 7.91. The summed E-state index contributed by atoms with van der Waals surface area (Å²) in [5.74, 6) is -0.163. The molecular weight excluding hydrogens is 707 g/mol. The summed E-state index contributed by atoms with van der Waals surface area (Å²) < 4.78 is 126. The smallest absolute Gasteiger partial charge is 0.256 e. The molecular formula is C34H30F6N4O4S2. The zero-order valence-corrected chi connectivity index (χ0v) is 28.7. The van der Waals surface area contributed by atoms with Crippen LogP contribution in [0.1, 0.15) is 70.0 Å². The highest BCUT2D eigenvalue weighted by Gasteiger charge is 2.34. The quantitative estimate of drug-likeness (QED) is 0.188. The van der Waals surface area contributed by atoms with Crippen molar-refractivity contribution in [3.05, 3.63) is 105 Å². The van der Waals surface area contributed by atoms with Crippen molar-refractivity contribution in [3.63, 3.8) is 0 Å². The summed E-state index contributed by atoms with van der Waals surface area (Å²) in [6.07, 6.45) is -0.764. The number of allylic oxidation sites excluding steroid dienone is 2. The largest absolute Gasteiger partial charge is 0.417 e. The van der Waals surface area contributed by atoms with E-state index in [1.54, 1.807) is 50.5 Å². The highest BCUT2D eigenvalue weighted by atomic mass is 32.2. The SMILES string of the molecule is CCS(=O)(=O)c1cc(C)cnc1C1=Cc2ncc(C(F)(F)F)cc2C1.CCS(=O)(=O)c1cc(C)cnc1C1=Cc2ncc(C(F)(F)F)cc2C1. The minimum Gasteiger partial charge on any atom is -0.256 e. The lowest BCUT2D eigenvalue weighted by Gasteiger charge is -2.10. The van der Waals surface area contributed by atoms with Gasteiger partial charge in [0.1, 0.15) is 0 Å². The average molecular weight is 737 g/mol. The van der Waals surface area contributed by atoms with Crippen molar-refractivity contribution >= 4 is 43.0 Å². The van der Waals surface area contributed by atoms with Crippen molar-refractivity contribution in [1.82, 2.24) is 19.9 Å². The molecule has 16 heteroatoms. The monoisotopic (exact) mass is 736 g/mol. The van der Waals surface area contributed by atoms with Gasteiger partial charge in [0.15, 0.2) is 19.7 Å². The lowest BCUT2D eigenvalue weighted by molar-refractivity contribution is -0.138. The first-order valence-corrected chi connectivity index (χ1v) is 18.5. The number of aryl methyl sites for hydroxylation is 2. The molecule has 4 aromatic rings. The van der Waals surface area contributed by atoms with Crippen LogP contribution in [0.4, 0.5) is 26.3 Å². The Bertz CT molecular complexity index is 2120. The van der Waals surface area contributed by atoms with E-state index in [4.69, 9.17) is 0 Å². The number of pyridine rings is 4. The van der Waals surface area contributed by atoms with E-state index in [0.717, 1.165) is 24.5 Å². The Morgan fingerprint density at radius 2 is 0.940 bits per heavy atom. The number of alkyl halides is 6. The van der Waals surface area contributed by atoms with E-state index in [-0.39, 0.29) is 45.5 Å². The van der Waals surface area contributed by atoms with Crippen LogP contribution in [0.15, 0.2) is 58.8 Å². The van der Waals surface area contributed by atoms with Gasteiger partial charge in [-0.05, 0) is 83.7 Å². The van der Waals surface area contributed by atoms with E-state index in [2.05, 4.69) is 19.9 Å². The zero-order valence-electron chi connectivity index (χ0n) is 27.1. The summed E-state index contributed by atoms with van der Waals surface area (Å²) in [4.78, 5) is 16.4. The van der Waals surface area contributed by atoms with Gasteiger partial charge in [0.25, 0.3) is 0 Å². The second-order valence-corrected chi connectivity index (χ2v) is 16.2. The van der Waals surface area contributed by atoms with Gasteiger partial charge in [-0.25, -0.2) is 16.8 Å². The molecule has 0 spiro atoms. The van der Waals surface area contributed by atoms with E-state index in [9.17, 15) is 43.2 Å². The van der Waals surface area contributed by atoms with Crippen molar-refractivity contribution in [2.24, 2.45) is 0 Å². The molecule has 0 atom stereocenters. The Hall–Kier alpha value is -4.44. The number of rotatable bonds is 6. The third kappa shape index (κ3) is 7.65. The third-order valence-electron chi connectivity index (χ3n) is 8.06. The molecule has 4 heterocycles. The van der Waals surface area contributed by atoms with Crippen LogP contribution in [0.2, 0.25) is 0 Å². The van der Waals surface area contributed by atoms with Gasteiger partial charge in [-0.15, -0.1) is 0 Å². The number of hydrogen-bond acceptors (Lipinski definition) is 8. The van der Waals surface area contributed by atoms with E-state index < -0.39 is 43.2 Å². The molecule has 0 fully saturated rings. The molecule has 0 N–H and O–H groups in total. The fraction of sp³-hybridized carbons (Fsp3) is 0.294. The molecule has 2 aliphatic rings. The van der Waals surface area contributed by atoms with Crippen molar-refractivity contribution in [1.29, 1.82) is 0 Å². The predicted octanol–water partition coefficient (Wildman–Crippen LogP) is 7.39. The van der Waals surface area contributed by atoms with Gasteiger partial charge in [0.05, 0.1) is 55.2 Å². The van der Waals surface area contributed by atoms with Crippen LogP contribution in [-0.2, 0) is 44.9 Å². The summed E-state index contributed by atoms with van der Waals surface area (Å²) in [6.45, 7) is 6.55. The van der Waals surface area contributed by atoms with E-state index >= 15 is 0 Å². The minimum atomic E-state index is -4.47. The van der Waals surface area contributed by atoms with Crippen LogP contribution in [0.3, 0.4) is 0 Å². The van der Waals surface area contributed by atoms with Crippen LogP contribution in [0, 0.1) is 13.8 Å². The summed E-state index contributed by atoms with van der Waals surface area (Å²) >= 11 is 0. The molecule has 4 aromatic heterocycles. The maximum absolute atomic E-state index is 12.8. The van der Waals surface area contributed by atoms with Crippen molar-refractivity contribution < 1.29 is 43.2 Å². The Labute approximate surface area is 284 Å². The molecule has 0 aromatic carbocycles. The first-order valence-electron chi connectivity index (χ1n) is 15.2. The van der Waals surface area contributed by atoms with Crippen LogP contribution in [-0.4, -0.2) is 48.3 Å². The number of fused-ring (bicyclic) bond motifs is 2. The first-order chi connectivity index (χ1) is 23.2. The predicted molar refractivity (Wildman–Crippen MR) is 175 cm³/mol. The molecule has 0 bridgehead atoms. The van der Waals surface area contributed by atoms with Gasteiger partial charge in [-0.1, -0.05) is 13.8 Å². The summed E-state index contributed by atoms with van der Waals surface area (Å²) in [7, 11) is -7.02. The van der Waals surface area contributed by atoms with Crippen molar-refractivity contribution in [2.45, 2.75) is 62.7 Å². The number of aromatic nitrogens is 4. The topological polar surface area (TPSA) is 120 Å². The fourth-order valence-electron chi connectivity index (χ4n) is 5.39. The second kappa shape index (κ2) is 13.4. The van der Waals surface area contributed by atoms with Gasteiger partial charge >= 0.3 is 12.4 Å². The van der Waals surface area contributed by atoms with Crippen LogP contribution in [0.25, 0.3) is 23.3 Å². The maximum Gasteiger partial charge on any atom is 0.417 e. The third-order valence-corrected chi connectivity index (χ3v) is 11.5. The molecule has 0 aliphatic heterocycles. The molecule has 6 rings (SSSR count). The molecule has 264 valence electrons. The van der Waals surface area contributed by atoms with E-state index in [1.807, 2.05) is 0 Å². The molecule has 0 radical (unpaired) electrons. The molecule has 0 saturated heterocycles. The lowest BCUT2D eigenvalue weighted by atomic mass is 10.1. The summed E-state index contributed by atoms with van der Waals surface area (Å²) in [6, 6.07) is 5.18. The Kier molecular flexibility index (Phi) is 9.84. The Morgan fingerprint density at radius 3 is 1.26 bits per heavy atom. The molecule has 0 unspecified atom stereocenters. The Morgan fingerprint density at radius 1 is 0.580 bits per heavy atom. The van der Waals surface area contributed by atoms with Gasteiger partial charge in [-0.3, -0.25) is 19.9 Å². The average Bonchev–Trinajstić information content (AvgIpc) is 3.68. The van der Waals surface area contributed by atoms with Crippen LogP contribution in [0.5, 0.6) is 0 Å². The number of halogens is 6. The van der Waals surface area contributed by atoms with Gasteiger partial charge < -0.3 is 0 Å². The van der Waals surface area contributed by atoms with Gasteiger partial charge in [0, 0.05) is 37.6 Å². The Balaban J connectivity index is 0.000000194. The molecule has 0 saturated carbocycles. The molecule has 50 heavy (non-hydrogen) atoms. The van der Waals surface area contributed by atoms with Gasteiger partial charge in [-0.2, -0.15) is 26.3 Å². The summed E-state index contributed by atoms with van der Waals surface area (Å²) in [5, 5.41) is 0. The normalized spacial score (nSPS) is 14.4. The second-order valence-electron chi connectivity index (χ2n) is 11.8. The number of sulfone groups is 2. The number of hydrogen-bond donors (Lipinski definition) is 0. The zero-order chi connectivity index (χ0) is 36.8. The van der Waals surface area contributed by atoms with E-state index in [1.165, 1.54) is 13.8 Å². The minimum absolute atomic E-state index is 0.0815. The van der Waals surface area contributed by atoms with Crippen molar-refractivity contribution in [3.8, 4) is 0 Å². The van der Waals surface area contributed by atoms with Crippen LogP contribution < -0.4 is 0 Å². The maximum atomic E-state index is 12.8. The number of nitrogens with zero attached hydrogens (tertiary/aromatic N) is 4. The lowest BCUT2D eigenvalue weighted by Crippen LogP contribution is -2.09. The molecule has 0 amide bonds. The highest BCUT2D eigenvalue weighted by Crippen LogP contribution is 2.38. The van der Waals surface area contributed by atoms with E-state index in [0.29, 0.717) is 44.8 Å². The summed E-state index contributed by atoms with van der Waals surface area (Å²) in [5.41, 5.74) is 3.04. The van der Waals surface area contributed by atoms with Crippen LogP contribution >= 0.6 is 0 Å². The van der Waals surface area contributed by atoms with Crippen molar-refractivity contribution in [2.75, 3.05) is 11.5 Å². The molecule has 8 nitrogen and oxygen atoms in total. The standard InChI is InChI=1S/2C17H15F3N2O2S/c2*1-3-25(23,24)15-4-10(2)8-22-16(15)12-5-11-6-13(17(18,19)20)9-21-14(11)7-12/h2*4,6-9H,3,5H2,1-2H3. The van der Waals surface area contributed by atoms with Gasteiger partial charge in [0.2, 0.25) is 0 Å².